The van der Waals surface area contributed by atoms with Gasteiger partial charge < -0.3 is 20.5 Å². The molecule has 0 aliphatic carbocycles. The molecule has 0 aliphatic heterocycles. The van der Waals surface area contributed by atoms with Gasteiger partial charge in [0, 0.05) is 5.69 Å². The topological polar surface area (TPSA) is 70.6 Å². The number of carbonyl (C=O) groups is 1. The maximum atomic E-state index is 11.9. The van der Waals surface area contributed by atoms with E-state index in [4.69, 9.17) is 9.84 Å². The van der Waals surface area contributed by atoms with E-state index in [1.54, 1.807) is 6.92 Å². The molecule has 0 bridgehead atoms. The molecule has 5 heteroatoms. The van der Waals surface area contributed by atoms with Crippen LogP contribution in [0, 0.1) is 6.92 Å². The number of hydrogen-bond acceptors (Lipinski definition) is 3. The lowest BCUT2D eigenvalue weighted by molar-refractivity contribution is 0.229. The van der Waals surface area contributed by atoms with Crippen LogP contribution in [0.25, 0.3) is 0 Å². The first-order chi connectivity index (χ1) is 11.1. The van der Waals surface area contributed by atoms with Crippen molar-refractivity contribution in [3.8, 4) is 5.75 Å². The van der Waals surface area contributed by atoms with E-state index in [2.05, 4.69) is 10.6 Å². The average molecular weight is 314 g/mol. The van der Waals surface area contributed by atoms with Gasteiger partial charge in [-0.3, -0.25) is 0 Å². The first kappa shape index (κ1) is 16.8. The monoisotopic (exact) mass is 314 g/mol. The van der Waals surface area contributed by atoms with Crippen LogP contribution < -0.4 is 15.4 Å². The van der Waals surface area contributed by atoms with Crippen molar-refractivity contribution in [2.45, 2.75) is 26.5 Å². The molecular formula is C18H22N2O3. The summed E-state index contributed by atoms with van der Waals surface area (Å²) in [6.45, 7) is 4.00. The van der Waals surface area contributed by atoms with E-state index < -0.39 is 0 Å². The van der Waals surface area contributed by atoms with Gasteiger partial charge in [-0.25, -0.2) is 4.79 Å². The highest BCUT2D eigenvalue weighted by atomic mass is 16.5. The smallest absolute Gasteiger partial charge is 0.319 e. The number of hydrogen-bond donors (Lipinski definition) is 3. The predicted molar refractivity (Wildman–Crippen MR) is 90.7 cm³/mol. The number of amides is 2. The number of carbonyl (C=O) groups excluding carboxylic acids is 1. The van der Waals surface area contributed by atoms with Crippen LogP contribution in [-0.4, -0.2) is 23.8 Å². The summed E-state index contributed by atoms with van der Waals surface area (Å²) in [4.78, 5) is 11.9. The van der Waals surface area contributed by atoms with Crippen LogP contribution in [-0.2, 0) is 6.61 Å². The Kier molecular flexibility index (Phi) is 6.00. The van der Waals surface area contributed by atoms with Crippen molar-refractivity contribution in [1.82, 2.24) is 5.32 Å². The third kappa shape index (κ3) is 5.00. The molecule has 0 fully saturated rings. The number of ether oxygens (including phenoxy) is 1. The number of nitrogens with one attached hydrogen (secondary N) is 2. The fraction of sp³-hybridized carbons (Fsp3) is 0.278. The minimum Gasteiger partial charge on any atom is -0.489 e. The van der Waals surface area contributed by atoms with Crippen molar-refractivity contribution >= 4 is 11.7 Å². The standard InChI is InChI=1S/C18H22N2O3/c1-13(11-21)19-18(22)20-17-10-6-7-15(14(17)2)12-23-16-8-4-3-5-9-16/h3-10,13,21H,11-12H2,1-2H3,(H2,19,20,22). The third-order valence-electron chi connectivity index (χ3n) is 3.48. The second-order valence-electron chi connectivity index (χ2n) is 5.37. The molecule has 122 valence electrons. The molecule has 2 amide bonds. The van der Waals surface area contributed by atoms with Gasteiger partial charge in [-0.15, -0.1) is 0 Å². The molecule has 0 spiro atoms. The zero-order valence-corrected chi connectivity index (χ0v) is 13.4. The summed E-state index contributed by atoms with van der Waals surface area (Å²) in [5.41, 5.74) is 2.68. The maximum Gasteiger partial charge on any atom is 0.319 e. The molecule has 2 rings (SSSR count). The summed E-state index contributed by atoms with van der Waals surface area (Å²) in [5, 5.41) is 14.4. The Morgan fingerprint density at radius 1 is 1.17 bits per heavy atom. The van der Waals surface area contributed by atoms with Crippen LogP contribution in [0.15, 0.2) is 48.5 Å². The fourth-order valence-electron chi connectivity index (χ4n) is 2.08. The average Bonchev–Trinajstić information content (AvgIpc) is 2.56. The first-order valence-corrected chi connectivity index (χ1v) is 7.55. The Hall–Kier alpha value is -2.53. The predicted octanol–water partition coefficient (Wildman–Crippen LogP) is 3.08. The number of aliphatic hydroxyl groups is 1. The molecule has 0 heterocycles. The van der Waals surface area contributed by atoms with Crippen LogP contribution in [0.1, 0.15) is 18.1 Å². The van der Waals surface area contributed by atoms with E-state index in [1.165, 1.54) is 0 Å². The molecule has 0 aliphatic rings. The van der Waals surface area contributed by atoms with Gasteiger partial charge in [-0.2, -0.15) is 0 Å². The fourth-order valence-corrected chi connectivity index (χ4v) is 2.08. The van der Waals surface area contributed by atoms with Gasteiger partial charge in [0.15, 0.2) is 0 Å². The Balaban J connectivity index is 2.01. The molecule has 23 heavy (non-hydrogen) atoms. The summed E-state index contributed by atoms with van der Waals surface area (Å²) in [6.07, 6.45) is 0. The third-order valence-corrected chi connectivity index (χ3v) is 3.48. The number of anilines is 1. The van der Waals surface area contributed by atoms with Crippen molar-refractivity contribution in [3.05, 3.63) is 59.7 Å². The molecule has 0 saturated carbocycles. The van der Waals surface area contributed by atoms with Crippen LogP contribution in [0.3, 0.4) is 0 Å². The zero-order valence-electron chi connectivity index (χ0n) is 13.4. The number of benzene rings is 2. The number of para-hydroxylation sites is 1. The summed E-state index contributed by atoms with van der Waals surface area (Å²) in [6, 6.07) is 14.6. The normalized spacial score (nSPS) is 11.6. The molecular weight excluding hydrogens is 292 g/mol. The Labute approximate surface area is 136 Å². The van der Waals surface area contributed by atoms with E-state index in [1.807, 2.05) is 55.5 Å². The lowest BCUT2D eigenvalue weighted by Gasteiger charge is -2.15. The molecule has 1 unspecified atom stereocenters. The van der Waals surface area contributed by atoms with Crippen molar-refractivity contribution in [1.29, 1.82) is 0 Å². The van der Waals surface area contributed by atoms with Gasteiger partial charge >= 0.3 is 6.03 Å². The van der Waals surface area contributed by atoms with E-state index in [0.717, 1.165) is 22.6 Å². The highest BCUT2D eigenvalue weighted by Crippen LogP contribution is 2.21. The molecule has 5 nitrogen and oxygen atoms in total. The van der Waals surface area contributed by atoms with Crippen molar-refractivity contribution in [2.24, 2.45) is 0 Å². The summed E-state index contributed by atoms with van der Waals surface area (Å²) in [5.74, 6) is 0.805. The molecule has 0 saturated heterocycles. The van der Waals surface area contributed by atoms with Crippen molar-refractivity contribution in [2.75, 3.05) is 11.9 Å². The largest absolute Gasteiger partial charge is 0.489 e. The Morgan fingerprint density at radius 2 is 1.91 bits per heavy atom. The second kappa shape index (κ2) is 8.19. The van der Waals surface area contributed by atoms with Crippen LogP contribution >= 0.6 is 0 Å². The van der Waals surface area contributed by atoms with Crippen molar-refractivity contribution < 1.29 is 14.6 Å². The second-order valence-corrected chi connectivity index (χ2v) is 5.37. The van der Waals surface area contributed by atoms with Crippen LogP contribution in [0.5, 0.6) is 5.75 Å². The van der Waals surface area contributed by atoms with Gasteiger partial charge in [0.1, 0.15) is 12.4 Å². The van der Waals surface area contributed by atoms with Gasteiger partial charge in [-0.05, 0) is 43.2 Å². The van der Waals surface area contributed by atoms with E-state index in [0.29, 0.717) is 6.61 Å². The van der Waals surface area contributed by atoms with Gasteiger partial charge in [0.05, 0.1) is 12.6 Å². The van der Waals surface area contributed by atoms with E-state index in [9.17, 15) is 4.79 Å². The number of urea groups is 1. The Bertz CT molecular complexity index is 644. The highest BCUT2D eigenvalue weighted by Gasteiger charge is 2.10. The molecule has 0 aromatic heterocycles. The highest BCUT2D eigenvalue weighted by molar-refractivity contribution is 5.90. The van der Waals surface area contributed by atoms with Gasteiger partial charge in [-0.1, -0.05) is 30.3 Å². The minimum atomic E-state index is -0.337. The lowest BCUT2D eigenvalue weighted by Crippen LogP contribution is -2.38. The van der Waals surface area contributed by atoms with Crippen LogP contribution in [0.4, 0.5) is 10.5 Å². The summed E-state index contributed by atoms with van der Waals surface area (Å²) in [7, 11) is 0. The van der Waals surface area contributed by atoms with Crippen molar-refractivity contribution in [3.63, 3.8) is 0 Å². The molecule has 1 atom stereocenters. The number of rotatable bonds is 6. The Morgan fingerprint density at radius 3 is 2.61 bits per heavy atom. The zero-order chi connectivity index (χ0) is 16.7. The van der Waals surface area contributed by atoms with E-state index >= 15 is 0 Å². The van der Waals surface area contributed by atoms with E-state index in [-0.39, 0.29) is 18.7 Å². The maximum absolute atomic E-state index is 11.9. The lowest BCUT2D eigenvalue weighted by atomic mass is 10.1. The minimum absolute atomic E-state index is 0.0998. The number of aliphatic hydroxyl groups excluding tert-OH is 1. The molecule has 2 aromatic rings. The molecule has 2 aromatic carbocycles. The quantitative estimate of drug-likeness (QED) is 0.767. The van der Waals surface area contributed by atoms with Gasteiger partial charge in [0.2, 0.25) is 0 Å². The first-order valence-electron chi connectivity index (χ1n) is 7.55. The van der Waals surface area contributed by atoms with Gasteiger partial charge in [0.25, 0.3) is 0 Å². The molecule has 0 radical (unpaired) electrons. The summed E-state index contributed by atoms with van der Waals surface area (Å²) < 4.78 is 5.75. The van der Waals surface area contributed by atoms with Crippen LogP contribution in [0.2, 0.25) is 0 Å². The SMILES string of the molecule is Cc1c(COc2ccccc2)cccc1NC(=O)NC(C)CO. The summed E-state index contributed by atoms with van der Waals surface area (Å²) >= 11 is 0. The molecule has 3 N–H and O–H groups in total.